The van der Waals surface area contributed by atoms with Gasteiger partial charge in [-0.3, -0.25) is 9.59 Å². The number of ether oxygens (including phenoxy) is 2. The summed E-state index contributed by atoms with van der Waals surface area (Å²) in [6, 6.07) is 6.71. The Morgan fingerprint density at radius 2 is 1.97 bits per heavy atom. The topological polar surface area (TPSA) is 112 Å². The number of thiazole rings is 1. The predicted octanol–water partition coefficient (Wildman–Crippen LogP) is 2.15. The fraction of sp³-hybridized carbons (Fsp3) is 0.400. The van der Waals surface area contributed by atoms with Gasteiger partial charge in [0.05, 0.1) is 12.8 Å². The lowest BCUT2D eigenvalue weighted by molar-refractivity contribution is -0.143. The summed E-state index contributed by atoms with van der Waals surface area (Å²) in [5.74, 6) is -0.834. The van der Waals surface area contributed by atoms with Gasteiger partial charge in [-0.05, 0) is 50.5 Å². The molecule has 1 aliphatic rings. The quantitative estimate of drug-likeness (QED) is 0.721. The average molecular weight is 417 g/mol. The fourth-order valence-corrected chi connectivity index (χ4v) is 4.21. The molecule has 154 valence electrons. The van der Waals surface area contributed by atoms with Crippen molar-refractivity contribution in [2.75, 3.05) is 20.3 Å². The molecule has 2 heterocycles. The van der Waals surface area contributed by atoms with Crippen LogP contribution in [0.1, 0.15) is 34.6 Å². The largest absolute Gasteiger partial charge is 0.497 e. The lowest BCUT2D eigenvalue weighted by Crippen LogP contribution is -2.51. The van der Waals surface area contributed by atoms with Crippen molar-refractivity contribution in [2.24, 2.45) is 5.73 Å². The highest BCUT2D eigenvalue weighted by molar-refractivity contribution is 7.17. The van der Waals surface area contributed by atoms with Crippen LogP contribution in [0.25, 0.3) is 10.6 Å². The van der Waals surface area contributed by atoms with Gasteiger partial charge < -0.3 is 20.1 Å². The zero-order chi connectivity index (χ0) is 21.0. The second kappa shape index (κ2) is 9.04. The van der Waals surface area contributed by atoms with E-state index in [1.54, 1.807) is 14.0 Å². The Bertz CT molecular complexity index is 909. The SMILES string of the molecule is COc1ccc(-c2nc(C)c(C(=O)OCC(=O)N3CCCC[C@@H]3C(N)=O)s2)cc1. The van der Waals surface area contributed by atoms with E-state index in [1.807, 2.05) is 24.3 Å². The fourth-order valence-electron chi connectivity index (χ4n) is 3.24. The van der Waals surface area contributed by atoms with Crippen molar-refractivity contribution in [3.8, 4) is 16.3 Å². The molecule has 0 aliphatic carbocycles. The van der Waals surface area contributed by atoms with E-state index in [-0.39, 0.29) is 0 Å². The molecule has 1 fully saturated rings. The van der Waals surface area contributed by atoms with E-state index in [4.69, 9.17) is 15.2 Å². The number of esters is 1. The Labute approximate surface area is 172 Å². The molecule has 1 aromatic carbocycles. The second-order valence-electron chi connectivity index (χ2n) is 6.74. The smallest absolute Gasteiger partial charge is 0.350 e. The summed E-state index contributed by atoms with van der Waals surface area (Å²) in [7, 11) is 1.59. The molecule has 0 bridgehead atoms. The molecule has 3 rings (SSSR count). The van der Waals surface area contributed by atoms with E-state index in [9.17, 15) is 14.4 Å². The first-order valence-corrected chi connectivity index (χ1v) is 10.1. The maximum atomic E-state index is 12.5. The normalized spacial score (nSPS) is 16.3. The molecule has 1 aliphatic heterocycles. The third kappa shape index (κ3) is 4.73. The lowest BCUT2D eigenvalue weighted by Gasteiger charge is -2.33. The number of amides is 2. The predicted molar refractivity (Wildman–Crippen MR) is 108 cm³/mol. The Morgan fingerprint density at radius 3 is 2.62 bits per heavy atom. The van der Waals surface area contributed by atoms with Crippen LogP contribution in [0.3, 0.4) is 0 Å². The zero-order valence-electron chi connectivity index (χ0n) is 16.3. The maximum absolute atomic E-state index is 12.5. The van der Waals surface area contributed by atoms with E-state index in [0.717, 1.165) is 24.2 Å². The van der Waals surface area contributed by atoms with Crippen LogP contribution in [0.2, 0.25) is 0 Å². The molecule has 1 saturated heterocycles. The number of likely N-dealkylation sites (tertiary alicyclic amines) is 1. The summed E-state index contributed by atoms with van der Waals surface area (Å²) in [4.78, 5) is 42.6. The number of rotatable bonds is 6. The number of aromatic nitrogens is 1. The van der Waals surface area contributed by atoms with Crippen molar-refractivity contribution < 1.29 is 23.9 Å². The van der Waals surface area contributed by atoms with Gasteiger partial charge in [0.15, 0.2) is 6.61 Å². The Balaban J connectivity index is 1.65. The minimum Gasteiger partial charge on any atom is -0.497 e. The van der Waals surface area contributed by atoms with E-state index in [1.165, 1.54) is 16.2 Å². The molecular weight excluding hydrogens is 394 g/mol. The number of methoxy groups -OCH3 is 1. The third-order valence-electron chi connectivity index (χ3n) is 4.80. The van der Waals surface area contributed by atoms with Gasteiger partial charge in [0, 0.05) is 12.1 Å². The molecular formula is C20H23N3O5S. The summed E-state index contributed by atoms with van der Waals surface area (Å²) in [5.41, 5.74) is 6.77. The molecule has 29 heavy (non-hydrogen) atoms. The van der Waals surface area contributed by atoms with Gasteiger partial charge in [0.2, 0.25) is 5.91 Å². The lowest BCUT2D eigenvalue weighted by atomic mass is 10.0. The van der Waals surface area contributed by atoms with Gasteiger partial charge in [0.1, 0.15) is 21.7 Å². The van der Waals surface area contributed by atoms with Crippen molar-refractivity contribution in [2.45, 2.75) is 32.2 Å². The van der Waals surface area contributed by atoms with Crippen molar-refractivity contribution >= 4 is 29.1 Å². The monoisotopic (exact) mass is 417 g/mol. The van der Waals surface area contributed by atoms with Crippen molar-refractivity contribution in [1.29, 1.82) is 0 Å². The highest BCUT2D eigenvalue weighted by Crippen LogP contribution is 2.29. The van der Waals surface area contributed by atoms with Crippen LogP contribution in [-0.2, 0) is 14.3 Å². The Hall–Kier alpha value is -2.94. The van der Waals surface area contributed by atoms with Crippen molar-refractivity contribution in [1.82, 2.24) is 9.88 Å². The van der Waals surface area contributed by atoms with E-state index in [0.29, 0.717) is 28.5 Å². The van der Waals surface area contributed by atoms with Crippen molar-refractivity contribution in [3.63, 3.8) is 0 Å². The molecule has 0 unspecified atom stereocenters. The van der Waals surface area contributed by atoms with Crippen LogP contribution in [0, 0.1) is 6.92 Å². The minimum absolute atomic E-state index is 0.341. The van der Waals surface area contributed by atoms with Gasteiger partial charge in [-0.1, -0.05) is 0 Å². The molecule has 2 N–H and O–H groups in total. The molecule has 0 radical (unpaired) electrons. The number of carbonyl (C=O) groups is 3. The van der Waals surface area contributed by atoms with E-state index in [2.05, 4.69) is 4.98 Å². The van der Waals surface area contributed by atoms with Gasteiger partial charge in [-0.15, -0.1) is 11.3 Å². The van der Waals surface area contributed by atoms with Crippen LogP contribution in [-0.4, -0.2) is 54.0 Å². The summed E-state index contributed by atoms with van der Waals surface area (Å²) in [5, 5.41) is 0.674. The van der Waals surface area contributed by atoms with Gasteiger partial charge in [-0.2, -0.15) is 0 Å². The summed E-state index contributed by atoms with van der Waals surface area (Å²) >= 11 is 1.20. The van der Waals surface area contributed by atoms with Crippen LogP contribution < -0.4 is 10.5 Å². The standard InChI is InChI=1S/C20H23N3O5S/c1-12-17(29-19(22-12)13-6-8-14(27-2)9-7-13)20(26)28-11-16(24)23-10-4-3-5-15(23)18(21)25/h6-9,15H,3-5,10-11H2,1-2H3,(H2,21,25)/t15-/m1/s1. The van der Waals surface area contributed by atoms with E-state index < -0.39 is 30.4 Å². The number of nitrogens with two attached hydrogens (primary N) is 1. The van der Waals surface area contributed by atoms with Crippen LogP contribution in [0.5, 0.6) is 5.75 Å². The number of piperidine rings is 1. The number of primary amides is 1. The molecule has 2 amide bonds. The van der Waals surface area contributed by atoms with Gasteiger partial charge in [0.25, 0.3) is 5.91 Å². The number of benzene rings is 1. The molecule has 0 spiro atoms. The van der Waals surface area contributed by atoms with Crippen LogP contribution in [0.15, 0.2) is 24.3 Å². The van der Waals surface area contributed by atoms with Crippen LogP contribution in [0.4, 0.5) is 0 Å². The molecule has 9 heteroatoms. The van der Waals surface area contributed by atoms with Gasteiger partial charge in [-0.25, -0.2) is 9.78 Å². The maximum Gasteiger partial charge on any atom is 0.350 e. The first kappa shape index (κ1) is 20.8. The highest BCUT2D eigenvalue weighted by Gasteiger charge is 2.31. The molecule has 2 aromatic rings. The summed E-state index contributed by atoms with van der Waals surface area (Å²) in [6.07, 6.45) is 2.17. The number of carbonyl (C=O) groups excluding carboxylic acids is 3. The number of hydrogen-bond donors (Lipinski definition) is 1. The Morgan fingerprint density at radius 1 is 1.24 bits per heavy atom. The average Bonchev–Trinajstić information content (AvgIpc) is 3.13. The minimum atomic E-state index is -0.637. The molecule has 1 atom stereocenters. The molecule has 0 saturated carbocycles. The van der Waals surface area contributed by atoms with Crippen molar-refractivity contribution in [3.05, 3.63) is 34.8 Å². The summed E-state index contributed by atoms with van der Waals surface area (Å²) < 4.78 is 10.3. The Kier molecular flexibility index (Phi) is 6.48. The first-order valence-electron chi connectivity index (χ1n) is 9.28. The number of nitrogens with zero attached hydrogens (tertiary/aromatic N) is 2. The van der Waals surface area contributed by atoms with E-state index >= 15 is 0 Å². The van der Waals surface area contributed by atoms with Crippen LogP contribution >= 0.6 is 11.3 Å². The zero-order valence-corrected chi connectivity index (χ0v) is 17.2. The first-order chi connectivity index (χ1) is 13.9. The number of aryl methyl sites for hydroxylation is 1. The highest BCUT2D eigenvalue weighted by atomic mass is 32.1. The molecule has 1 aromatic heterocycles. The third-order valence-corrected chi connectivity index (χ3v) is 5.98. The second-order valence-corrected chi connectivity index (χ2v) is 7.74. The summed E-state index contributed by atoms with van der Waals surface area (Å²) in [6.45, 7) is 1.72. The van der Waals surface area contributed by atoms with Gasteiger partial charge >= 0.3 is 5.97 Å². The molecule has 8 nitrogen and oxygen atoms in total. The number of hydrogen-bond acceptors (Lipinski definition) is 7.